The third-order valence-electron chi connectivity index (χ3n) is 3.95. The molecule has 128 valence electrons. The molecule has 0 amide bonds. The first-order chi connectivity index (χ1) is 11.4. The van der Waals surface area contributed by atoms with Crippen molar-refractivity contribution in [1.82, 2.24) is 19.5 Å². The zero-order chi connectivity index (χ0) is 17.6. The predicted molar refractivity (Wildman–Crippen MR) is 83.7 cm³/mol. The third-order valence-corrected chi connectivity index (χ3v) is 3.95. The largest absolute Gasteiger partial charge is 0.394 e. The number of fused-ring (bicyclic) bond motifs is 1. The lowest BCUT2D eigenvalue weighted by Gasteiger charge is -2.26. The van der Waals surface area contributed by atoms with Crippen LogP contribution in [0.15, 0.2) is 6.33 Å². The summed E-state index contributed by atoms with van der Waals surface area (Å²) in [5, 5.41) is 19.2. The molecule has 0 bridgehead atoms. The molecule has 1 aliphatic heterocycles. The van der Waals surface area contributed by atoms with Crippen LogP contribution in [0.1, 0.15) is 0 Å². The van der Waals surface area contributed by atoms with Gasteiger partial charge in [-0.05, 0) is 5.92 Å². The molecule has 3 rings (SSSR count). The Morgan fingerprint density at radius 3 is 2.79 bits per heavy atom. The molecule has 4 N–H and O–H groups in total. The van der Waals surface area contributed by atoms with Crippen molar-refractivity contribution in [3.8, 4) is 12.3 Å². The van der Waals surface area contributed by atoms with Crippen LogP contribution in [0.25, 0.3) is 11.2 Å². The van der Waals surface area contributed by atoms with Gasteiger partial charge in [-0.15, -0.1) is 6.42 Å². The number of imidazole rings is 1. The lowest BCUT2D eigenvalue weighted by molar-refractivity contribution is -0.0905. The van der Waals surface area contributed by atoms with Gasteiger partial charge in [0.1, 0.15) is 18.5 Å². The molecular weight excluding hydrogens is 319 g/mol. The molecule has 0 saturated carbocycles. The third kappa shape index (κ3) is 2.10. The standard InChI is InChI=1S/C14H17FN6O3/c1-4-14(10(15)9(23)7(5-22)24-14)21-6-17-8-11(20(2)3)18-13(16)19-12(8)21/h1,6-7,9-10,22-23H,5H2,2-3H3,(H2,16,18,19)/t7-,9-,10?,14-/m1/s1. The SMILES string of the molecule is C#C[C@@]1(n2cnc3c(N(C)C)nc(N)nc32)O[C@H](CO)[C@@H](O)C1F. The highest BCUT2D eigenvalue weighted by atomic mass is 19.1. The molecule has 0 aromatic carbocycles. The molecule has 1 saturated heterocycles. The first-order valence-electron chi connectivity index (χ1n) is 7.12. The van der Waals surface area contributed by atoms with Crippen molar-refractivity contribution in [2.24, 2.45) is 0 Å². The molecule has 4 atom stereocenters. The molecule has 0 radical (unpaired) electrons. The van der Waals surface area contributed by atoms with E-state index in [0.29, 0.717) is 11.3 Å². The van der Waals surface area contributed by atoms with Crippen molar-refractivity contribution in [2.75, 3.05) is 31.3 Å². The van der Waals surface area contributed by atoms with Gasteiger partial charge in [0.25, 0.3) is 0 Å². The minimum atomic E-state index is -1.99. The Morgan fingerprint density at radius 2 is 2.25 bits per heavy atom. The van der Waals surface area contributed by atoms with Gasteiger partial charge in [0.05, 0.1) is 6.61 Å². The average Bonchev–Trinajstić information content (AvgIpc) is 3.08. The number of anilines is 2. The molecule has 10 heteroatoms. The Labute approximate surface area is 136 Å². The van der Waals surface area contributed by atoms with Gasteiger partial charge < -0.3 is 25.6 Å². The van der Waals surface area contributed by atoms with Crippen molar-refractivity contribution in [1.29, 1.82) is 0 Å². The van der Waals surface area contributed by atoms with E-state index in [4.69, 9.17) is 16.9 Å². The van der Waals surface area contributed by atoms with Crippen molar-refractivity contribution >= 4 is 22.9 Å². The van der Waals surface area contributed by atoms with Gasteiger partial charge in [-0.2, -0.15) is 9.97 Å². The lowest BCUT2D eigenvalue weighted by Crippen LogP contribution is -2.41. The van der Waals surface area contributed by atoms with Gasteiger partial charge in [0.15, 0.2) is 23.2 Å². The monoisotopic (exact) mass is 336 g/mol. The highest BCUT2D eigenvalue weighted by molar-refractivity contribution is 5.84. The van der Waals surface area contributed by atoms with E-state index in [1.807, 2.05) is 0 Å². The summed E-state index contributed by atoms with van der Waals surface area (Å²) >= 11 is 0. The number of nitrogens with two attached hydrogens (primary N) is 1. The summed E-state index contributed by atoms with van der Waals surface area (Å²) in [6.07, 6.45) is 2.03. The number of ether oxygens (including phenoxy) is 1. The zero-order valence-corrected chi connectivity index (χ0v) is 13.1. The number of aliphatic hydroxyl groups excluding tert-OH is 2. The highest BCUT2D eigenvalue weighted by Crippen LogP contribution is 2.39. The second-order valence-corrected chi connectivity index (χ2v) is 5.66. The lowest BCUT2D eigenvalue weighted by atomic mass is 10.0. The zero-order valence-electron chi connectivity index (χ0n) is 13.1. The van der Waals surface area contributed by atoms with Crippen LogP contribution in [-0.4, -0.2) is 68.8 Å². The van der Waals surface area contributed by atoms with Crippen LogP contribution in [0.3, 0.4) is 0 Å². The summed E-state index contributed by atoms with van der Waals surface area (Å²) in [5.74, 6) is 2.60. The highest BCUT2D eigenvalue weighted by Gasteiger charge is 2.56. The summed E-state index contributed by atoms with van der Waals surface area (Å²) in [5.41, 5.74) is 4.24. The molecule has 0 spiro atoms. The summed E-state index contributed by atoms with van der Waals surface area (Å²) in [7, 11) is 3.49. The number of nitrogen functional groups attached to an aromatic ring is 1. The molecule has 1 aliphatic rings. The topological polar surface area (TPSA) is 123 Å². The fraction of sp³-hybridized carbons (Fsp3) is 0.500. The van der Waals surface area contributed by atoms with Crippen LogP contribution in [-0.2, 0) is 10.5 Å². The Balaban J connectivity index is 2.24. The Morgan fingerprint density at radius 1 is 1.54 bits per heavy atom. The number of aliphatic hydroxyl groups is 2. The van der Waals surface area contributed by atoms with E-state index in [-0.39, 0.29) is 11.6 Å². The van der Waals surface area contributed by atoms with Gasteiger partial charge in [0.2, 0.25) is 11.7 Å². The van der Waals surface area contributed by atoms with Crippen LogP contribution in [0.5, 0.6) is 0 Å². The minimum absolute atomic E-state index is 0.0483. The molecular formula is C14H17FN6O3. The molecule has 1 fully saturated rings. The Bertz CT molecular complexity index is 819. The fourth-order valence-corrected chi connectivity index (χ4v) is 2.76. The number of aromatic nitrogens is 4. The van der Waals surface area contributed by atoms with Crippen LogP contribution >= 0.6 is 0 Å². The Hall–Kier alpha value is -2.48. The maximum Gasteiger partial charge on any atom is 0.246 e. The van der Waals surface area contributed by atoms with Gasteiger partial charge in [-0.25, -0.2) is 9.37 Å². The molecule has 2 aromatic rings. The predicted octanol–water partition coefficient (Wildman–Crippen LogP) is -1.15. The maximum absolute atomic E-state index is 14.8. The van der Waals surface area contributed by atoms with E-state index in [1.165, 1.54) is 10.9 Å². The van der Waals surface area contributed by atoms with Crippen molar-refractivity contribution in [2.45, 2.75) is 24.1 Å². The number of nitrogens with zero attached hydrogens (tertiary/aromatic N) is 5. The molecule has 3 heterocycles. The second kappa shape index (κ2) is 5.55. The van der Waals surface area contributed by atoms with E-state index in [2.05, 4.69) is 20.9 Å². The number of hydrogen-bond acceptors (Lipinski definition) is 8. The van der Waals surface area contributed by atoms with E-state index in [9.17, 15) is 14.6 Å². The van der Waals surface area contributed by atoms with Crippen LogP contribution in [0.2, 0.25) is 0 Å². The number of alkyl halides is 1. The molecule has 1 unspecified atom stereocenters. The minimum Gasteiger partial charge on any atom is -0.394 e. The second-order valence-electron chi connectivity index (χ2n) is 5.66. The first-order valence-corrected chi connectivity index (χ1v) is 7.12. The maximum atomic E-state index is 14.8. The van der Waals surface area contributed by atoms with Gasteiger partial charge >= 0.3 is 0 Å². The molecule has 9 nitrogen and oxygen atoms in total. The van der Waals surface area contributed by atoms with E-state index >= 15 is 0 Å². The number of terminal acetylenes is 1. The quantitative estimate of drug-likeness (QED) is 0.601. The van der Waals surface area contributed by atoms with Crippen LogP contribution in [0.4, 0.5) is 16.2 Å². The normalized spacial score (nSPS) is 29.8. The van der Waals surface area contributed by atoms with Crippen LogP contribution in [0, 0.1) is 12.3 Å². The summed E-state index contributed by atoms with van der Waals surface area (Å²) in [4.78, 5) is 14.0. The van der Waals surface area contributed by atoms with E-state index < -0.39 is 30.7 Å². The molecule has 24 heavy (non-hydrogen) atoms. The first kappa shape index (κ1) is 16.4. The summed E-state index contributed by atoms with van der Waals surface area (Å²) in [6, 6.07) is 0. The smallest absolute Gasteiger partial charge is 0.246 e. The van der Waals surface area contributed by atoms with Gasteiger partial charge in [-0.1, -0.05) is 0 Å². The van der Waals surface area contributed by atoms with E-state index in [1.54, 1.807) is 19.0 Å². The number of rotatable bonds is 3. The van der Waals surface area contributed by atoms with Crippen molar-refractivity contribution in [3.05, 3.63) is 6.33 Å². The Kier molecular flexibility index (Phi) is 3.79. The van der Waals surface area contributed by atoms with Crippen LogP contribution < -0.4 is 10.6 Å². The van der Waals surface area contributed by atoms with Gasteiger partial charge in [0, 0.05) is 14.1 Å². The van der Waals surface area contributed by atoms with Crippen molar-refractivity contribution in [3.63, 3.8) is 0 Å². The van der Waals surface area contributed by atoms with Gasteiger partial charge in [-0.3, -0.25) is 4.57 Å². The average molecular weight is 336 g/mol. The molecule has 2 aromatic heterocycles. The molecule has 0 aliphatic carbocycles. The number of hydrogen-bond donors (Lipinski definition) is 3. The number of halogens is 1. The van der Waals surface area contributed by atoms with E-state index in [0.717, 1.165) is 0 Å². The summed E-state index contributed by atoms with van der Waals surface area (Å²) in [6.45, 7) is -0.586. The summed E-state index contributed by atoms with van der Waals surface area (Å²) < 4.78 is 21.4. The fourth-order valence-electron chi connectivity index (χ4n) is 2.76. The van der Waals surface area contributed by atoms with Crippen molar-refractivity contribution < 1.29 is 19.3 Å².